The molecule has 0 bridgehead atoms. The molecule has 2 aromatic rings. The summed E-state index contributed by atoms with van der Waals surface area (Å²) in [4.78, 5) is 0. The van der Waals surface area contributed by atoms with Gasteiger partial charge in [0.1, 0.15) is 17.6 Å². The molecule has 2 rings (SSSR count). The lowest BCUT2D eigenvalue weighted by atomic mass is 10.2. The van der Waals surface area contributed by atoms with Crippen LogP contribution >= 0.6 is 15.9 Å². The fourth-order valence-electron chi connectivity index (χ4n) is 1.36. The standard InChI is InChI=1S/C10H10BrNO2/c1-12-10(7-3-2-6-13-7)8-4-5-9(11)14-8/h2-6,10,12H,1H3. The van der Waals surface area contributed by atoms with Crippen LogP contribution in [-0.2, 0) is 0 Å². The van der Waals surface area contributed by atoms with Crippen LogP contribution in [0.25, 0.3) is 0 Å². The molecular formula is C10H10BrNO2. The van der Waals surface area contributed by atoms with Crippen LogP contribution in [0.5, 0.6) is 0 Å². The average Bonchev–Trinajstić information content (AvgIpc) is 2.79. The Morgan fingerprint density at radius 2 is 2.14 bits per heavy atom. The Kier molecular flexibility index (Phi) is 2.74. The van der Waals surface area contributed by atoms with Crippen molar-refractivity contribution in [3.8, 4) is 0 Å². The molecule has 2 aromatic heterocycles. The molecule has 2 heterocycles. The minimum Gasteiger partial charge on any atom is -0.467 e. The SMILES string of the molecule is CNC(c1ccco1)c1ccc(Br)o1. The van der Waals surface area contributed by atoms with Crippen LogP contribution in [-0.4, -0.2) is 7.05 Å². The molecular weight excluding hydrogens is 246 g/mol. The molecule has 0 saturated heterocycles. The highest BCUT2D eigenvalue weighted by Crippen LogP contribution is 2.25. The van der Waals surface area contributed by atoms with Crippen molar-refractivity contribution in [3.05, 3.63) is 46.7 Å². The van der Waals surface area contributed by atoms with E-state index in [1.165, 1.54) is 0 Å². The molecule has 0 aliphatic heterocycles. The largest absolute Gasteiger partial charge is 0.467 e. The molecule has 0 aromatic carbocycles. The minimum absolute atomic E-state index is 0.0312. The maximum atomic E-state index is 5.45. The van der Waals surface area contributed by atoms with Crippen LogP contribution in [0.3, 0.4) is 0 Å². The van der Waals surface area contributed by atoms with E-state index in [0.717, 1.165) is 16.2 Å². The van der Waals surface area contributed by atoms with Gasteiger partial charge < -0.3 is 14.2 Å². The zero-order valence-corrected chi connectivity index (χ0v) is 9.24. The van der Waals surface area contributed by atoms with E-state index in [9.17, 15) is 0 Å². The molecule has 74 valence electrons. The van der Waals surface area contributed by atoms with Crippen LogP contribution in [0, 0.1) is 0 Å². The molecule has 0 fully saturated rings. The van der Waals surface area contributed by atoms with Gasteiger partial charge in [-0.3, -0.25) is 0 Å². The van der Waals surface area contributed by atoms with E-state index in [2.05, 4.69) is 21.2 Å². The fraction of sp³-hybridized carbons (Fsp3) is 0.200. The van der Waals surface area contributed by atoms with Crippen molar-refractivity contribution < 1.29 is 8.83 Å². The van der Waals surface area contributed by atoms with Gasteiger partial charge in [0.05, 0.1) is 6.26 Å². The Labute approximate surface area is 90.2 Å². The van der Waals surface area contributed by atoms with Crippen molar-refractivity contribution in [2.45, 2.75) is 6.04 Å². The van der Waals surface area contributed by atoms with Gasteiger partial charge in [-0.25, -0.2) is 0 Å². The molecule has 4 heteroatoms. The highest BCUT2D eigenvalue weighted by Gasteiger charge is 2.17. The van der Waals surface area contributed by atoms with Gasteiger partial charge in [-0.15, -0.1) is 0 Å². The Bertz CT molecular complexity index is 394. The van der Waals surface area contributed by atoms with Gasteiger partial charge in [0.15, 0.2) is 4.67 Å². The summed E-state index contributed by atoms with van der Waals surface area (Å²) in [6, 6.07) is 7.52. The van der Waals surface area contributed by atoms with Gasteiger partial charge in [0.2, 0.25) is 0 Å². The second-order valence-electron chi connectivity index (χ2n) is 2.88. The molecule has 1 N–H and O–H groups in total. The van der Waals surface area contributed by atoms with E-state index in [1.54, 1.807) is 6.26 Å². The minimum atomic E-state index is -0.0312. The third-order valence-electron chi connectivity index (χ3n) is 1.99. The van der Waals surface area contributed by atoms with Crippen molar-refractivity contribution in [2.24, 2.45) is 0 Å². The number of hydrogen-bond donors (Lipinski definition) is 1. The van der Waals surface area contributed by atoms with Gasteiger partial charge >= 0.3 is 0 Å². The average molecular weight is 256 g/mol. The summed E-state index contributed by atoms with van der Waals surface area (Å²) in [5.41, 5.74) is 0. The molecule has 0 aliphatic rings. The number of furan rings is 2. The maximum Gasteiger partial charge on any atom is 0.169 e. The highest BCUT2D eigenvalue weighted by molar-refractivity contribution is 9.10. The molecule has 0 spiro atoms. The number of hydrogen-bond acceptors (Lipinski definition) is 3. The van der Waals surface area contributed by atoms with Crippen LogP contribution in [0.1, 0.15) is 17.6 Å². The summed E-state index contributed by atoms with van der Waals surface area (Å²) < 4.78 is 11.5. The van der Waals surface area contributed by atoms with Crippen molar-refractivity contribution in [2.75, 3.05) is 7.05 Å². The zero-order valence-electron chi connectivity index (χ0n) is 7.66. The lowest BCUT2D eigenvalue weighted by molar-refractivity contribution is 0.395. The molecule has 0 radical (unpaired) electrons. The van der Waals surface area contributed by atoms with Gasteiger partial charge in [-0.05, 0) is 47.2 Å². The number of rotatable bonds is 3. The predicted octanol–water partition coefficient (Wildman–Crippen LogP) is 2.94. The summed E-state index contributed by atoms with van der Waals surface area (Å²) in [6.45, 7) is 0. The molecule has 1 atom stereocenters. The summed E-state index contributed by atoms with van der Waals surface area (Å²) in [5, 5.41) is 3.13. The fourth-order valence-corrected chi connectivity index (χ4v) is 1.68. The van der Waals surface area contributed by atoms with E-state index in [4.69, 9.17) is 8.83 Å². The Morgan fingerprint density at radius 1 is 1.29 bits per heavy atom. The van der Waals surface area contributed by atoms with Gasteiger partial charge in [0.25, 0.3) is 0 Å². The van der Waals surface area contributed by atoms with E-state index in [0.29, 0.717) is 0 Å². The zero-order chi connectivity index (χ0) is 9.97. The second kappa shape index (κ2) is 4.02. The first-order valence-electron chi connectivity index (χ1n) is 4.27. The summed E-state index contributed by atoms with van der Waals surface area (Å²) >= 11 is 3.27. The quantitative estimate of drug-likeness (QED) is 0.917. The van der Waals surface area contributed by atoms with Gasteiger partial charge in [-0.2, -0.15) is 0 Å². The van der Waals surface area contributed by atoms with E-state index >= 15 is 0 Å². The first kappa shape index (κ1) is 9.55. The molecule has 0 amide bonds. The van der Waals surface area contributed by atoms with E-state index in [1.807, 2.05) is 31.3 Å². The first-order chi connectivity index (χ1) is 6.81. The first-order valence-corrected chi connectivity index (χ1v) is 5.06. The Balaban J connectivity index is 2.31. The lowest BCUT2D eigenvalue weighted by Crippen LogP contribution is -2.16. The third-order valence-corrected chi connectivity index (χ3v) is 2.42. The van der Waals surface area contributed by atoms with Crippen molar-refractivity contribution in [1.29, 1.82) is 0 Å². The monoisotopic (exact) mass is 255 g/mol. The van der Waals surface area contributed by atoms with E-state index in [-0.39, 0.29) is 6.04 Å². The summed E-state index contributed by atoms with van der Waals surface area (Å²) in [6.07, 6.45) is 1.65. The molecule has 0 aliphatic carbocycles. The number of nitrogens with one attached hydrogen (secondary N) is 1. The molecule has 1 unspecified atom stereocenters. The highest BCUT2D eigenvalue weighted by atomic mass is 79.9. The Morgan fingerprint density at radius 3 is 2.64 bits per heavy atom. The molecule has 0 saturated carbocycles. The van der Waals surface area contributed by atoms with Crippen LogP contribution in [0.2, 0.25) is 0 Å². The Hall–Kier alpha value is -1.000. The van der Waals surface area contributed by atoms with Crippen molar-refractivity contribution >= 4 is 15.9 Å². The van der Waals surface area contributed by atoms with Crippen LogP contribution < -0.4 is 5.32 Å². The molecule has 3 nitrogen and oxygen atoms in total. The number of halogens is 1. The normalized spacial score (nSPS) is 13.0. The maximum absolute atomic E-state index is 5.45. The molecule has 14 heavy (non-hydrogen) atoms. The lowest BCUT2D eigenvalue weighted by Gasteiger charge is -2.09. The third kappa shape index (κ3) is 1.76. The van der Waals surface area contributed by atoms with Gasteiger partial charge in [0, 0.05) is 0 Å². The van der Waals surface area contributed by atoms with Crippen molar-refractivity contribution in [3.63, 3.8) is 0 Å². The van der Waals surface area contributed by atoms with Crippen molar-refractivity contribution in [1.82, 2.24) is 5.32 Å². The predicted molar refractivity (Wildman–Crippen MR) is 56.0 cm³/mol. The smallest absolute Gasteiger partial charge is 0.169 e. The second-order valence-corrected chi connectivity index (χ2v) is 3.66. The topological polar surface area (TPSA) is 38.3 Å². The van der Waals surface area contributed by atoms with Crippen LogP contribution in [0.15, 0.2) is 44.0 Å². The summed E-state index contributed by atoms with van der Waals surface area (Å²) in [7, 11) is 1.86. The van der Waals surface area contributed by atoms with Gasteiger partial charge in [-0.1, -0.05) is 0 Å². The van der Waals surface area contributed by atoms with Crippen LogP contribution in [0.4, 0.5) is 0 Å². The summed E-state index contributed by atoms with van der Waals surface area (Å²) in [5.74, 6) is 1.67. The van der Waals surface area contributed by atoms with E-state index < -0.39 is 0 Å².